The topological polar surface area (TPSA) is 47.3 Å². The number of thioether (sulfide) groups is 1. The third-order valence-electron chi connectivity index (χ3n) is 2.52. The first-order chi connectivity index (χ1) is 8.81. The van der Waals surface area contributed by atoms with Gasteiger partial charge in [0.05, 0.1) is 12.1 Å². The molecular formula is C15H26N2OS. The molecule has 3 N–H and O–H groups in total. The van der Waals surface area contributed by atoms with Crippen molar-refractivity contribution in [1.82, 2.24) is 5.43 Å². The molecule has 0 saturated heterocycles. The smallest absolute Gasteiger partial charge is 0.120 e. The van der Waals surface area contributed by atoms with Crippen LogP contribution in [0.3, 0.4) is 0 Å². The summed E-state index contributed by atoms with van der Waals surface area (Å²) in [7, 11) is 0. The minimum absolute atomic E-state index is 0.139. The highest BCUT2D eigenvalue weighted by atomic mass is 32.2. The first kappa shape index (κ1) is 16.3. The van der Waals surface area contributed by atoms with E-state index in [1.165, 1.54) is 0 Å². The van der Waals surface area contributed by atoms with Gasteiger partial charge in [0.2, 0.25) is 0 Å². The molecule has 0 radical (unpaired) electrons. The largest absolute Gasteiger partial charge is 0.491 e. The van der Waals surface area contributed by atoms with E-state index in [-0.39, 0.29) is 16.9 Å². The fourth-order valence-electron chi connectivity index (χ4n) is 1.65. The predicted molar refractivity (Wildman–Crippen MR) is 84.5 cm³/mol. The summed E-state index contributed by atoms with van der Waals surface area (Å²) in [5.74, 6) is 7.51. The summed E-state index contributed by atoms with van der Waals surface area (Å²) in [6, 6.07) is 8.28. The van der Waals surface area contributed by atoms with Gasteiger partial charge in [0.15, 0.2) is 0 Å². The molecule has 0 bridgehead atoms. The van der Waals surface area contributed by atoms with Gasteiger partial charge in [-0.2, -0.15) is 11.8 Å². The molecule has 3 nitrogen and oxygen atoms in total. The molecule has 0 aliphatic rings. The second-order valence-electron chi connectivity index (χ2n) is 5.88. The molecule has 108 valence electrons. The van der Waals surface area contributed by atoms with Crippen molar-refractivity contribution in [2.24, 2.45) is 5.84 Å². The normalized spacial score (nSPS) is 13.6. The monoisotopic (exact) mass is 282 g/mol. The molecule has 0 heterocycles. The third kappa shape index (κ3) is 6.32. The van der Waals surface area contributed by atoms with Crippen LogP contribution in [0.25, 0.3) is 0 Å². The average Bonchev–Trinajstić information content (AvgIpc) is 2.28. The Hall–Kier alpha value is -0.710. The van der Waals surface area contributed by atoms with Crippen LogP contribution in [0.2, 0.25) is 0 Å². The van der Waals surface area contributed by atoms with E-state index in [0.29, 0.717) is 0 Å². The molecule has 19 heavy (non-hydrogen) atoms. The average molecular weight is 282 g/mol. The van der Waals surface area contributed by atoms with E-state index in [1.54, 1.807) is 0 Å². The summed E-state index contributed by atoms with van der Waals surface area (Å²) in [6.07, 6.45) is 0.184. The van der Waals surface area contributed by atoms with Gasteiger partial charge in [-0.25, -0.2) is 0 Å². The zero-order valence-electron chi connectivity index (χ0n) is 12.6. The van der Waals surface area contributed by atoms with Crippen molar-refractivity contribution in [3.63, 3.8) is 0 Å². The quantitative estimate of drug-likeness (QED) is 0.619. The summed E-state index contributed by atoms with van der Waals surface area (Å²) < 4.78 is 5.96. The van der Waals surface area contributed by atoms with Gasteiger partial charge in [-0.05, 0) is 31.5 Å². The number of ether oxygens (including phenoxy) is 1. The molecule has 0 aliphatic carbocycles. The van der Waals surface area contributed by atoms with Crippen LogP contribution in [-0.2, 0) is 0 Å². The van der Waals surface area contributed by atoms with Gasteiger partial charge in [0.1, 0.15) is 5.75 Å². The molecular weight excluding hydrogens is 256 g/mol. The first-order valence-electron chi connectivity index (χ1n) is 6.68. The van der Waals surface area contributed by atoms with Crippen LogP contribution >= 0.6 is 11.8 Å². The maximum absolute atomic E-state index is 5.72. The molecule has 0 fully saturated rings. The van der Waals surface area contributed by atoms with E-state index < -0.39 is 0 Å². The molecule has 4 heteroatoms. The Bertz CT molecular complexity index is 388. The molecule has 1 atom stereocenters. The number of hydrogen-bond acceptors (Lipinski definition) is 4. The molecule has 0 spiro atoms. The van der Waals surface area contributed by atoms with Crippen molar-refractivity contribution in [3.8, 4) is 5.75 Å². The minimum atomic E-state index is 0.139. The molecule has 1 aromatic rings. The zero-order valence-corrected chi connectivity index (χ0v) is 13.4. The molecule has 0 aliphatic heterocycles. The Morgan fingerprint density at radius 3 is 2.53 bits per heavy atom. The summed E-state index contributed by atoms with van der Waals surface area (Å²) in [5, 5.41) is 0. The minimum Gasteiger partial charge on any atom is -0.491 e. The van der Waals surface area contributed by atoms with Crippen LogP contribution in [-0.4, -0.2) is 16.6 Å². The van der Waals surface area contributed by atoms with E-state index in [0.717, 1.165) is 17.1 Å². The lowest BCUT2D eigenvalue weighted by Crippen LogP contribution is -2.30. The van der Waals surface area contributed by atoms with E-state index >= 15 is 0 Å². The van der Waals surface area contributed by atoms with Crippen LogP contribution in [0.15, 0.2) is 24.3 Å². The number of rotatable bonds is 6. The van der Waals surface area contributed by atoms with Crippen molar-refractivity contribution in [1.29, 1.82) is 0 Å². The Morgan fingerprint density at radius 2 is 2.00 bits per heavy atom. The second-order valence-corrected chi connectivity index (χ2v) is 7.73. The number of hydrogen-bond donors (Lipinski definition) is 2. The van der Waals surface area contributed by atoms with Gasteiger partial charge in [-0.1, -0.05) is 32.9 Å². The van der Waals surface area contributed by atoms with E-state index in [9.17, 15) is 0 Å². The van der Waals surface area contributed by atoms with Crippen molar-refractivity contribution >= 4 is 11.8 Å². The zero-order chi connectivity index (χ0) is 14.5. The number of hydrazine groups is 1. The molecule has 0 aromatic heterocycles. The molecule has 1 unspecified atom stereocenters. The standard InChI is InChI=1S/C15H26N2OS/c1-11(2)18-13-8-6-7-12(9-13)14(17-16)10-19-15(3,4)5/h6-9,11,14,17H,10,16H2,1-5H3. The first-order valence-corrected chi connectivity index (χ1v) is 7.67. The third-order valence-corrected chi connectivity index (χ3v) is 3.88. The van der Waals surface area contributed by atoms with E-state index in [2.05, 4.69) is 38.3 Å². The maximum atomic E-state index is 5.72. The summed E-state index contributed by atoms with van der Waals surface area (Å²) >= 11 is 1.90. The summed E-state index contributed by atoms with van der Waals surface area (Å²) in [6.45, 7) is 10.7. The fraction of sp³-hybridized carbons (Fsp3) is 0.600. The van der Waals surface area contributed by atoms with Crippen molar-refractivity contribution in [2.45, 2.75) is 51.5 Å². The highest BCUT2D eigenvalue weighted by molar-refractivity contribution is 8.00. The summed E-state index contributed by atoms with van der Waals surface area (Å²) in [5.41, 5.74) is 4.06. The van der Waals surface area contributed by atoms with Gasteiger partial charge in [0.25, 0.3) is 0 Å². The fourth-order valence-corrected chi connectivity index (χ4v) is 2.61. The molecule has 0 saturated carbocycles. The van der Waals surface area contributed by atoms with Gasteiger partial charge >= 0.3 is 0 Å². The van der Waals surface area contributed by atoms with Crippen molar-refractivity contribution < 1.29 is 4.74 Å². The van der Waals surface area contributed by atoms with E-state index in [1.807, 2.05) is 37.7 Å². The van der Waals surface area contributed by atoms with Crippen molar-refractivity contribution in [2.75, 3.05) is 5.75 Å². The Kier molecular flexibility index (Phi) is 6.17. The Labute approximate surface area is 121 Å². The summed E-state index contributed by atoms with van der Waals surface area (Å²) in [4.78, 5) is 0. The predicted octanol–water partition coefficient (Wildman–Crippen LogP) is 3.51. The maximum Gasteiger partial charge on any atom is 0.120 e. The van der Waals surface area contributed by atoms with Gasteiger partial charge in [0, 0.05) is 10.5 Å². The Morgan fingerprint density at radius 1 is 1.32 bits per heavy atom. The Balaban J connectivity index is 2.75. The SMILES string of the molecule is CC(C)Oc1cccc(C(CSC(C)(C)C)NN)c1. The van der Waals surface area contributed by atoms with Crippen LogP contribution in [0.1, 0.15) is 46.2 Å². The highest BCUT2D eigenvalue weighted by Crippen LogP contribution is 2.29. The lowest BCUT2D eigenvalue weighted by molar-refractivity contribution is 0.242. The molecule has 1 aromatic carbocycles. The highest BCUT2D eigenvalue weighted by Gasteiger charge is 2.16. The van der Waals surface area contributed by atoms with Crippen LogP contribution < -0.4 is 16.0 Å². The van der Waals surface area contributed by atoms with Crippen molar-refractivity contribution in [3.05, 3.63) is 29.8 Å². The number of nitrogens with two attached hydrogens (primary N) is 1. The molecule has 1 rings (SSSR count). The van der Waals surface area contributed by atoms with Gasteiger partial charge in [-0.3, -0.25) is 11.3 Å². The second kappa shape index (κ2) is 7.17. The molecule has 0 amide bonds. The van der Waals surface area contributed by atoms with Gasteiger partial charge in [-0.15, -0.1) is 0 Å². The lowest BCUT2D eigenvalue weighted by atomic mass is 10.1. The lowest BCUT2D eigenvalue weighted by Gasteiger charge is -2.23. The van der Waals surface area contributed by atoms with Crippen LogP contribution in [0, 0.1) is 0 Å². The number of nitrogens with one attached hydrogen (secondary N) is 1. The van der Waals surface area contributed by atoms with Crippen LogP contribution in [0.5, 0.6) is 5.75 Å². The number of benzene rings is 1. The van der Waals surface area contributed by atoms with Crippen LogP contribution in [0.4, 0.5) is 0 Å². The van der Waals surface area contributed by atoms with E-state index in [4.69, 9.17) is 10.6 Å². The van der Waals surface area contributed by atoms with Gasteiger partial charge < -0.3 is 4.74 Å².